The molecule has 6 heteroatoms. The first-order chi connectivity index (χ1) is 9.47. The van der Waals surface area contributed by atoms with E-state index in [1.165, 1.54) is 0 Å². The Bertz CT molecular complexity index is 283. The van der Waals surface area contributed by atoms with Crippen molar-refractivity contribution >= 4 is 12.0 Å². The van der Waals surface area contributed by atoms with Crippen LogP contribution in [0.4, 0.5) is 4.79 Å². The van der Waals surface area contributed by atoms with Gasteiger partial charge in [-0.25, -0.2) is 4.79 Å². The summed E-state index contributed by atoms with van der Waals surface area (Å²) in [5, 5.41) is 11.4. The number of likely N-dealkylation sites (N-methyl/N-ethyl adjacent to an activating group) is 1. The van der Waals surface area contributed by atoms with Crippen LogP contribution in [0.25, 0.3) is 0 Å². The summed E-state index contributed by atoms with van der Waals surface area (Å²) < 4.78 is 0. The van der Waals surface area contributed by atoms with Gasteiger partial charge in [0.15, 0.2) is 0 Å². The number of rotatable bonds is 11. The number of carbonyl (C=O) groups is 2. The maximum atomic E-state index is 12.0. The zero-order chi connectivity index (χ0) is 15.4. The molecule has 0 aromatic rings. The standard InChI is InChI=1S/C14H29N3O3/c1-4-10-17(12-11-16(2)3)14(20)15-9-7-5-6-8-13(18)19/h4-12H2,1-3H3,(H,15,20)(H,18,19). The molecule has 0 radical (unpaired) electrons. The molecule has 0 aliphatic carbocycles. The molecular weight excluding hydrogens is 258 g/mol. The molecule has 0 aliphatic heterocycles. The number of urea groups is 1. The predicted octanol–water partition coefficient (Wildman–Crippen LogP) is 1.61. The molecule has 2 amide bonds. The fourth-order valence-electron chi connectivity index (χ4n) is 1.79. The van der Waals surface area contributed by atoms with Gasteiger partial charge in [0.05, 0.1) is 0 Å². The number of carboxylic acid groups (broad SMARTS) is 1. The predicted molar refractivity (Wildman–Crippen MR) is 79.9 cm³/mol. The molecule has 0 fully saturated rings. The van der Waals surface area contributed by atoms with Crippen molar-refractivity contribution in [1.82, 2.24) is 15.1 Å². The summed E-state index contributed by atoms with van der Waals surface area (Å²) in [5.74, 6) is -0.758. The maximum Gasteiger partial charge on any atom is 0.317 e. The number of nitrogens with one attached hydrogen (secondary N) is 1. The summed E-state index contributed by atoms with van der Waals surface area (Å²) in [5.41, 5.74) is 0. The minimum absolute atomic E-state index is 0.0214. The van der Waals surface area contributed by atoms with E-state index >= 15 is 0 Å². The van der Waals surface area contributed by atoms with Crippen LogP contribution >= 0.6 is 0 Å². The van der Waals surface area contributed by atoms with Crippen molar-refractivity contribution < 1.29 is 14.7 Å². The van der Waals surface area contributed by atoms with Crippen LogP contribution < -0.4 is 5.32 Å². The number of unbranched alkanes of at least 4 members (excludes halogenated alkanes) is 2. The monoisotopic (exact) mass is 287 g/mol. The van der Waals surface area contributed by atoms with Crippen molar-refractivity contribution in [2.24, 2.45) is 0 Å². The zero-order valence-corrected chi connectivity index (χ0v) is 13.0. The fourth-order valence-corrected chi connectivity index (χ4v) is 1.79. The van der Waals surface area contributed by atoms with Crippen LogP contribution in [0.5, 0.6) is 0 Å². The van der Waals surface area contributed by atoms with Crippen molar-refractivity contribution in [3.63, 3.8) is 0 Å². The van der Waals surface area contributed by atoms with E-state index in [0.29, 0.717) is 13.0 Å². The third-order valence-electron chi connectivity index (χ3n) is 2.94. The van der Waals surface area contributed by atoms with Gasteiger partial charge in [0.25, 0.3) is 0 Å². The number of carboxylic acids is 1. The second kappa shape index (κ2) is 11.5. The van der Waals surface area contributed by atoms with Gasteiger partial charge in [-0.15, -0.1) is 0 Å². The molecule has 0 atom stereocenters. The van der Waals surface area contributed by atoms with Crippen molar-refractivity contribution in [3.8, 4) is 0 Å². The minimum Gasteiger partial charge on any atom is -0.481 e. The average Bonchev–Trinajstić information content (AvgIpc) is 2.37. The van der Waals surface area contributed by atoms with E-state index in [0.717, 1.165) is 38.9 Å². The largest absolute Gasteiger partial charge is 0.481 e. The van der Waals surface area contributed by atoms with Gasteiger partial charge in [-0.1, -0.05) is 13.3 Å². The third-order valence-corrected chi connectivity index (χ3v) is 2.94. The van der Waals surface area contributed by atoms with Crippen LogP contribution in [0.15, 0.2) is 0 Å². The van der Waals surface area contributed by atoms with E-state index < -0.39 is 5.97 Å². The summed E-state index contributed by atoms with van der Waals surface area (Å²) >= 11 is 0. The molecule has 0 bridgehead atoms. The highest BCUT2D eigenvalue weighted by Crippen LogP contribution is 1.99. The Labute approximate surface area is 122 Å². The molecule has 0 heterocycles. The van der Waals surface area contributed by atoms with Gasteiger partial charge in [0, 0.05) is 32.6 Å². The van der Waals surface area contributed by atoms with E-state index in [1.807, 2.05) is 19.0 Å². The first kappa shape index (κ1) is 18.7. The normalized spacial score (nSPS) is 10.6. The van der Waals surface area contributed by atoms with Gasteiger partial charge in [-0.2, -0.15) is 0 Å². The lowest BCUT2D eigenvalue weighted by Crippen LogP contribution is -2.43. The first-order valence-electron chi connectivity index (χ1n) is 7.36. The Morgan fingerprint density at radius 3 is 2.30 bits per heavy atom. The van der Waals surface area contributed by atoms with E-state index in [9.17, 15) is 9.59 Å². The molecule has 20 heavy (non-hydrogen) atoms. The smallest absolute Gasteiger partial charge is 0.317 e. The van der Waals surface area contributed by atoms with Gasteiger partial charge in [-0.3, -0.25) is 4.79 Å². The van der Waals surface area contributed by atoms with Crippen molar-refractivity contribution in [2.45, 2.75) is 39.0 Å². The molecule has 2 N–H and O–H groups in total. The third kappa shape index (κ3) is 10.6. The van der Waals surface area contributed by atoms with Gasteiger partial charge in [-0.05, 0) is 33.4 Å². The van der Waals surface area contributed by atoms with Crippen molar-refractivity contribution in [1.29, 1.82) is 0 Å². The van der Waals surface area contributed by atoms with Crippen LogP contribution in [0.1, 0.15) is 39.0 Å². The Morgan fingerprint density at radius 1 is 1.05 bits per heavy atom. The Kier molecular flexibility index (Phi) is 10.8. The van der Waals surface area contributed by atoms with Gasteiger partial charge < -0.3 is 20.2 Å². The van der Waals surface area contributed by atoms with Gasteiger partial charge >= 0.3 is 12.0 Å². The summed E-state index contributed by atoms with van der Waals surface area (Å²) in [7, 11) is 3.98. The van der Waals surface area contributed by atoms with E-state index in [4.69, 9.17) is 5.11 Å². The van der Waals surface area contributed by atoms with Crippen LogP contribution in [-0.2, 0) is 4.79 Å². The topological polar surface area (TPSA) is 72.9 Å². The molecule has 0 saturated heterocycles. The Morgan fingerprint density at radius 2 is 1.75 bits per heavy atom. The lowest BCUT2D eigenvalue weighted by Gasteiger charge is -2.24. The highest BCUT2D eigenvalue weighted by atomic mass is 16.4. The number of hydrogen-bond acceptors (Lipinski definition) is 3. The van der Waals surface area contributed by atoms with Crippen LogP contribution in [-0.4, -0.2) is 67.2 Å². The van der Waals surface area contributed by atoms with E-state index in [1.54, 1.807) is 0 Å². The molecule has 6 nitrogen and oxygen atoms in total. The van der Waals surface area contributed by atoms with Crippen LogP contribution in [0.3, 0.4) is 0 Å². The summed E-state index contributed by atoms with van der Waals surface area (Å²) in [4.78, 5) is 26.2. The second-order valence-corrected chi connectivity index (χ2v) is 5.23. The summed E-state index contributed by atoms with van der Waals surface area (Å²) in [6, 6.07) is -0.0214. The van der Waals surface area contributed by atoms with E-state index in [-0.39, 0.29) is 12.5 Å². The molecule has 0 unspecified atom stereocenters. The quantitative estimate of drug-likeness (QED) is 0.566. The van der Waals surface area contributed by atoms with Gasteiger partial charge in [0.2, 0.25) is 0 Å². The molecule has 0 rings (SSSR count). The molecular formula is C14H29N3O3. The molecule has 0 aliphatic rings. The minimum atomic E-state index is -0.758. The Balaban J connectivity index is 3.80. The molecule has 0 saturated carbocycles. The molecule has 118 valence electrons. The second-order valence-electron chi connectivity index (χ2n) is 5.23. The highest BCUT2D eigenvalue weighted by Gasteiger charge is 2.11. The van der Waals surface area contributed by atoms with Crippen molar-refractivity contribution in [3.05, 3.63) is 0 Å². The Hall–Kier alpha value is -1.30. The molecule has 0 aromatic carbocycles. The highest BCUT2D eigenvalue weighted by molar-refractivity contribution is 5.74. The van der Waals surface area contributed by atoms with E-state index in [2.05, 4.69) is 17.1 Å². The zero-order valence-electron chi connectivity index (χ0n) is 13.0. The van der Waals surface area contributed by atoms with Crippen molar-refractivity contribution in [2.75, 3.05) is 40.3 Å². The molecule has 0 aromatic heterocycles. The number of hydrogen-bond donors (Lipinski definition) is 2. The van der Waals surface area contributed by atoms with Gasteiger partial charge in [0.1, 0.15) is 0 Å². The van der Waals surface area contributed by atoms with Crippen LogP contribution in [0.2, 0.25) is 0 Å². The maximum absolute atomic E-state index is 12.0. The van der Waals surface area contributed by atoms with Crippen LogP contribution in [0, 0.1) is 0 Å². The lowest BCUT2D eigenvalue weighted by molar-refractivity contribution is -0.137. The number of aliphatic carboxylic acids is 1. The number of nitrogens with zero attached hydrogens (tertiary/aromatic N) is 2. The number of amides is 2. The lowest BCUT2D eigenvalue weighted by atomic mass is 10.2. The number of carbonyl (C=O) groups excluding carboxylic acids is 1. The summed E-state index contributed by atoms with van der Waals surface area (Å²) in [6.45, 7) is 5.01. The first-order valence-corrected chi connectivity index (χ1v) is 7.36. The fraction of sp³-hybridized carbons (Fsp3) is 0.857. The summed E-state index contributed by atoms with van der Waals surface area (Å²) in [6.07, 6.45) is 3.48. The molecule has 0 spiro atoms. The average molecular weight is 287 g/mol. The SMILES string of the molecule is CCCN(CCN(C)C)C(=O)NCCCCCC(=O)O.